The van der Waals surface area contributed by atoms with Gasteiger partial charge in [-0.05, 0) is 105 Å². The third-order valence-corrected chi connectivity index (χ3v) is 13.5. The van der Waals surface area contributed by atoms with Crippen LogP contribution in [-0.4, -0.2) is 104 Å². The van der Waals surface area contributed by atoms with Crippen LogP contribution in [0.1, 0.15) is 52.0 Å². The van der Waals surface area contributed by atoms with Crippen molar-refractivity contribution in [3.63, 3.8) is 0 Å². The molecule has 0 saturated carbocycles. The molecule has 4 aromatic carbocycles. The number of carbonyl (C=O) groups excluding carboxylic acids is 1. The van der Waals surface area contributed by atoms with Gasteiger partial charge in [0.1, 0.15) is 13.2 Å². The molecule has 1 unspecified atom stereocenters. The number of anilines is 4. The number of aryl methyl sites for hydroxylation is 2. The Morgan fingerprint density at radius 2 is 1.51 bits per heavy atom. The molecule has 2 aliphatic rings. The third kappa shape index (κ3) is 11.5. The molecule has 330 valence electrons. The molecule has 0 saturated heterocycles. The van der Waals surface area contributed by atoms with Gasteiger partial charge in [0.05, 0.1) is 64.5 Å². The zero-order valence-corrected chi connectivity index (χ0v) is 38.7. The Morgan fingerprint density at radius 1 is 0.836 bits per heavy atom. The number of amides is 1. The van der Waals surface area contributed by atoms with E-state index < -0.39 is 0 Å². The monoisotopic (exact) mass is 874 g/mol. The summed E-state index contributed by atoms with van der Waals surface area (Å²) in [5.74, 6) is 2.30. The van der Waals surface area contributed by atoms with Crippen LogP contribution in [0.2, 0.25) is 0 Å². The van der Waals surface area contributed by atoms with Gasteiger partial charge in [0.25, 0.3) is 5.91 Å². The number of nitrogens with one attached hydrogen (secondary N) is 2. The Bertz CT molecular complexity index is 2120. The lowest BCUT2D eigenvalue weighted by Gasteiger charge is -2.34. The van der Waals surface area contributed by atoms with Gasteiger partial charge in [0.2, 0.25) is 0 Å². The number of hydrogen-bond donors (Lipinski definition) is 2. The van der Waals surface area contributed by atoms with Crippen LogP contribution >= 0.6 is 21.6 Å². The number of ether oxygens (including phenoxy) is 7. The lowest BCUT2D eigenvalue weighted by Crippen LogP contribution is -2.39. The Labute approximate surface area is 369 Å². The highest BCUT2D eigenvalue weighted by molar-refractivity contribution is 8.77. The van der Waals surface area contributed by atoms with Gasteiger partial charge in [-0.1, -0.05) is 33.7 Å². The molecule has 61 heavy (non-hydrogen) atoms. The van der Waals surface area contributed by atoms with E-state index in [2.05, 4.69) is 66.8 Å². The van der Waals surface area contributed by atoms with E-state index in [1.807, 2.05) is 60.0 Å². The van der Waals surface area contributed by atoms with Crippen LogP contribution in [0.5, 0.6) is 23.0 Å². The highest BCUT2D eigenvalue weighted by Gasteiger charge is 2.38. The summed E-state index contributed by atoms with van der Waals surface area (Å²) in [6.07, 6.45) is 2.92. The number of fused-ring (bicyclic) bond motifs is 4. The van der Waals surface area contributed by atoms with Gasteiger partial charge < -0.3 is 53.6 Å². The van der Waals surface area contributed by atoms with Crippen LogP contribution in [0.15, 0.2) is 60.7 Å². The number of nitrogens with zero attached hydrogens (tertiary/aromatic N) is 2. The average molecular weight is 875 g/mol. The summed E-state index contributed by atoms with van der Waals surface area (Å²) in [5, 5.41) is 6.82. The van der Waals surface area contributed by atoms with E-state index >= 15 is 0 Å². The normalized spacial score (nSPS) is 14.4. The van der Waals surface area contributed by atoms with E-state index in [1.54, 1.807) is 38.2 Å². The lowest BCUT2D eigenvalue weighted by atomic mass is 10.0. The molecule has 2 aliphatic heterocycles. The maximum atomic E-state index is 14.2. The maximum absolute atomic E-state index is 14.2. The second kappa shape index (κ2) is 21.6. The summed E-state index contributed by atoms with van der Waals surface area (Å²) < 4.78 is 41.4. The summed E-state index contributed by atoms with van der Waals surface area (Å²) >= 11 is 0. The number of rotatable bonds is 23. The predicted octanol–water partition coefficient (Wildman–Crippen LogP) is 8.79. The third-order valence-electron chi connectivity index (χ3n) is 10.9. The van der Waals surface area contributed by atoms with Crippen LogP contribution in [0.4, 0.5) is 22.7 Å². The smallest absolute Gasteiger partial charge is 0.260 e. The van der Waals surface area contributed by atoms with Gasteiger partial charge in [0, 0.05) is 67.7 Å². The van der Waals surface area contributed by atoms with Crippen molar-refractivity contribution in [1.82, 2.24) is 0 Å². The Kier molecular flexibility index (Phi) is 16.3. The zero-order valence-electron chi connectivity index (χ0n) is 37.1. The first-order valence-corrected chi connectivity index (χ1v) is 23.3. The molecule has 0 bridgehead atoms. The topological polar surface area (TPSA) is 112 Å². The van der Waals surface area contributed by atoms with E-state index in [1.165, 1.54) is 11.1 Å². The van der Waals surface area contributed by atoms with E-state index in [4.69, 9.17) is 33.2 Å². The first kappa shape index (κ1) is 46.0. The molecule has 0 aliphatic carbocycles. The molecular formula is C47H62N4O8S2. The van der Waals surface area contributed by atoms with Gasteiger partial charge in [-0.15, -0.1) is 0 Å². The quantitative estimate of drug-likeness (QED) is 0.0548. The van der Waals surface area contributed by atoms with Crippen LogP contribution in [0.3, 0.4) is 0 Å². The van der Waals surface area contributed by atoms with Crippen LogP contribution in [0, 0.1) is 13.8 Å². The largest absolute Gasteiger partial charge is 0.493 e. The minimum absolute atomic E-state index is 0.0151. The van der Waals surface area contributed by atoms with Crippen LogP contribution < -0.4 is 39.4 Å². The van der Waals surface area contributed by atoms with Gasteiger partial charge in [-0.3, -0.25) is 4.79 Å². The molecule has 0 fully saturated rings. The van der Waals surface area contributed by atoms with Crippen LogP contribution in [-0.2, 0) is 33.8 Å². The van der Waals surface area contributed by atoms with Crippen molar-refractivity contribution >= 4 is 50.2 Å². The maximum Gasteiger partial charge on any atom is 0.260 e. The molecule has 1 amide bonds. The first-order valence-electron chi connectivity index (χ1n) is 20.7. The van der Waals surface area contributed by atoms with Gasteiger partial charge >= 0.3 is 0 Å². The summed E-state index contributed by atoms with van der Waals surface area (Å²) in [7, 11) is 10.4. The van der Waals surface area contributed by atoms with Crippen molar-refractivity contribution in [3.8, 4) is 23.0 Å². The van der Waals surface area contributed by atoms with Gasteiger partial charge in [-0.2, -0.15) is 0 Å². The fourth-order valence-electron chi connectivity index (χ4n) is 7.92. The second-order valence-corrected chi connectivity index (χ2v) is 18.9. The summed E-state index contributed by atoms with van der Waals surface area (Å²) in [6, 6.07) is 20.3. The lowest BCUT2D eigenvalue weighted by molar-refractivity contribution is 0.0264. The fraction of sp³-hybridized carbons (Fsp3) is 0.468. The molecule has 0 spiro atoms. The van der Waals surface area contributed by atoms with Crippen molar-refractivity contribution in [2.75, 3.05) is 108 Å². The predicted molar refractivity (Wildman–Crippen MR) is 250 cm³/mol. The minimum atomic E-state index is -0.0692. The first-order chi connectivity index (χ1) is 29.5. The Balaban J connectivity index is 1.28. The van der Waals surface area contributed by atoms with E-state index in [0.29, 0.717) is 81.3 Å². The van der Waals surface area contributed by atoms with E-state index in [9.17, 15) is 4.79 Å². The van der Waals surface area contributed by atoms with E-state index in [-0.39, 0.29) is 23.3 Å². The number of methoxy groups -OCH3 is 3. The molecule has 0 aromatic heterocycles. The number of benzene rings is 4. The number of hydrogen-bond acceptors (Lipinski definition) is 13. The minimum Gasteiger partial charge on any atom is -0.493 e. The SMILES string of the molecule is CNc1cc(OCc2cc(COc3cc4c(cc3OC)C(=O)N3c5cccc(C)c5CC3CN4)cc(N(CCOCCOCCOC)CC(C)(C)SSC)c2)c(OC)cc1C. The molecule has 6 rings (SSSR count). The van der Waals surface area contributed by atoms with Crippen molar-refractivity contribution in [1.29, 1.82) is 0 Å². The Hall–Kier alpha value is -4.47. The highest BCUT2D eigenvalue weighted by Crippen LogP contribution is 2.42. The molecular weight excluding hydrogens is 813 g/mol. The molecule has 12 nitrogen and oxygen atoms in total. The van der Waals surface area contributed by atoms with Crippen molar-refractivity contribution in [3.05, 3.63) is 94.0 Å². The molecule has 2 heterocycles. The molecule has 14 heteroatoms. The fourth-order valence-corrected chi connectivity index (χ4v) is 10.1. The van der Waals surface area contributed by atoms with Crippen molar-refractivity contribution in [2.45, 2.75) is 58.1 Å². The standard InChI is InChI=1S/C47H62N4O8S2/c1-31-11-10-12-41-37(31)23-36-27-49-40-26-45(43(55-8)24-38(40)46(52)51(36)41)59-29-34-20-33(28-58-44-25-39(48-5)32(2)19-42(44)54-7)21-35(22-34)50(30-47(3,4)61-60-9)13-14-56-17-18-57-16-15-53-6/h10-12,19-22,24-26,36,48-49H,13-18,23,27-30H2,1-9H3. The van der Waals surface area contributed by atoms with Gasteiger partial charge in [-0.25, -0.2) is 0 Å². The van der Waals surface area contributed by atoms with Crippen molar-refractivity contribution < 1.29 is 38.0 Å². The summed E-state index contributed by atoms with van der Waals surface area (Å²) in [5.41, 5.74) is 9.67. The Morgan fingerprint density at radius 3 is 2.18 bits per heavy atom. The van der Waals surface area contributed by atoms with Gasteiger partial charge in [0.15, 0.2) is 23.0 Å². The second-order valence-electron chi connectivity index (χ2n) is 15.8. The van der Waals surface area contributed by atoms with E-state index in [0.717, 1.165) is 52.4 Å². The zero-order chi connectivity index (χ0) is 43.5. The molecule has 0 radical (unpaired) electrons. The average Bonchev–Trinajstić information content (AvgIpc) is 3.57. The van der Waals surface area contributed by atoms with Crippen molar-refractivity contribution in [2.24, 2.45) is 0 Å². The molecule has 4 aromatic rings. The highest BCUT2D eigenvalue weighted by atomic mass is 33.1. The summed E-state index contributed by atoms with van der Waals surface area (Å²) in [4.78, 5) is 18.5. The molecule has 1 atom stereocenters. The summed E-state index contributed by atoms with van der Waals surface area (Å²) in [6.45, 7) is 13.9. The number of carbonyl (C=O) groups is 1. The molecule has 2 N–H and O–H groups in total. The van der Waals surface area contributed by atoms with Crippen LogP contribution in [0.25, 0.3) is 0 Å².